The molecule has 2 rings (SSSR count). The highest BCUT2D eigenvalue weighted by atomic mass is 32.1. The Bertz CT molecular complexity index is 422. The van der Waals surface area contributed by atoms with Gasteiger partial charge < -0.3 is 10.5 Å². The highest BCUT2D eigenvalue weighted by Crippen LogP contribution is 2.17. The van der Waals surface area contributed by atoms with E-state index < -0.39 is 0 Å². The average molecular weight is 264 g/mol. The number of nitrogens with zero attached hydrogens (tertiary/aromatic N) is 1. The van der Waals surface area contributed by atoms with E-state index in [0.717, 1.165) is 31.6 Å². The molecule has 4 heteroatoms. The van der Waals surface area contributed by atoms with Crippen LogP contribution in [0.3, 0.4) is 0 Å². The van der Waals surface area contributed by atoms with Crippen molar-refractivity contribution in [3.63, 3.8) is 0 Å². The van der Waals surface area contributed by atoms with Crippen molar-refractivity contribution in [3.8, 4) is 0 Å². The Morgan fingerprint density at radius 1 is 1.50 bits per heavy atom. The lowest BCUT2D eigenvalue weighted by molar-refractivity contribution is 0.0285. The summed E-state index contributed by atoms with van der Waals surface area (Å²) in [5.41, 5.74) is 7.96. The highest BCUT2D eigenvalue weighted by molar-refractivity contribution is 7.80. The Labute approximate surface area is 114 Å². The molecule has 1 heterocycles. The maximum absolute atomic E-state index is 5.76. The van der Waals surface area contributed by atoms with Crippen molar-refractivity contribution in [2.24, 2.45) is 5.73 Å². The van der Waals surface area contributed by atoms with E-state index in [1.54, 1.807) is 7.11 Å². The fraction of sp³-hybridized carbons (Fsp3) is 0.500. The number of hydrogen-bond acceptors (Lipinski definition) is 3. The van der Waals surface area contributed by atoms with Crippen molar-refractivity contribution in [1.29, 1.82) is 0 Å². The van der Waals surface area contributed by atoms with E-state index >= 15 is 0 Å². The summed E-state index contributed by atoms with van der Waals surface area (Å²) in [6.07, 6.45) is 2.70. The van der Waals surface area contributed by atoms with Crippen LogP contribution < -0.4 is 5.73 Å². The summed E-state index contributed by atoms with van der Waals surface area (Å²) >= 11 is 5.10. The molecular weight excluding hydrogens is 244 g/mol. The molecule has 1 aliphatic rings. The van der Waals surface area contributed by atoms with Crippen LogP contribution in [0.4, 0.5) is 0 Å². The van der Waals surface area contributed by atoms with Gasteiger partial charge in [-0.3, -0.25) is 4.90 Å². The van der Waals surface area contributed by atoms with Crippen LogP contribution in [0, 0.1) is 0 Å². The van der Waals surface area contributed by atoms with E-state index in [-0.39, 0.29) is 0 Å². The summed E-state index contributed by atoms with van der Waals surface area (Å²) in [5, 5.41) is 0. The Hall–Kier alpha value is -0.970. The molecule has 98 valence electrons. The second kappa shape index (κ2) is 6.27. The molecule has 2 N–H and O–H groups in total. The molecule has 0 spiro atoms. The molecule has 0 amide bonds. The van der Waals surface area contributed by atoms with Crippen LogP contribution >= 0.6 is 12.2 Å². The molecule has 0 aliphatic carbocycles. The fourth-order valence-corrected chi connectivity index (χ4v) is 2.69. The first-order valence-electron chi connectivity index (χ1n) is 6.33. The number of ether oxygens (including phenoxy) is 1. The molecule has 18 heavy (non-hydrogen) atoms. The minimum Gasteiger partial charge on any atom is -0.389 e. The van der Waals surface area contributed by atoms with E-state index in [4.69, 9.17) is 22.7 Å². The standard InChI is InChI=1S/C14H20N2OS/c1-17-12-6-4-8-16(10-12)9-11-5-2-3-7-13(11)14(15)18/h2-3,5,7,12H,4,6,8-10H2,1H3,(H2,15,18). The molecule has 0 saturated carbocycles. The van der Waals surface area contributed by atoms with Gasteiger partial charge in [-0.15, -0.1) is 0 Å². The average Bonchev–Trinajstić information content (AvgIpc) is 2.39. The van der Waals surface area contributed by atoms with E-state index in [2.05, 4.69) is 11.0 Å². The van der Waals surface area contributed by atoms with Crippen molar-refractivity contribution in [2.75, 3.05) is 20.2 Å². The number of hydrogen-bond donors (Lipinski definition) is 1. The summed E-state index contributed by atoms with van der Waals surface area (Å²) in [4.78, 5) is 2.89. The van der Waals surface area contributed by atoms with Gasteiger partial charge in [0.15, 0.2) is 0 Å². The Balaban J connectivity index is 2.07. The van der Waals surface area contributed by atoms with Crippen molar-refractivity contribution < 1.29 is 4.74 Å². The molecule has 3 nitrogen and oxygen atoms in total. The third-order valence-corrected chi connectivity index (χ3v) is 3.69. The predicted molar refractivity (Wildman–Crippen MR) is 77.6 cm³/mol. The monoisotopic (exact) mass is 264 g/mol. The molecule has 0 aromatic heterocycles. The first kappa shape index (κ1) is 13.5. The number of rotatable bonds is 4. The Morgan fingerprint density at radius 2 is 2.28 bits per heavy atom. The molecule has 1 aliphatic heterocycles. The number of nitrogens with two attached hydrogens (primary N) is 1. The number of likely N-dealkylation sites (tertiary alicyclic amines) is 1. The van der Waals surface area contributed by atoms with E-state index in [9.17, 15) is 0 Å². The second-order valence-corrected chi connectivity index (χ2v) is 5.20. The first-order valence-corrected chi connectivity index (χ1v) is 6.74. The molecule has 1 saturated heterocycles. The van der Waals surface area contributed by atoms with Gasteiger partial charge in [0.05, 0.1) is 6.10 Å². The van der Waals surface area contributed by atoms with Crippen LogP contribution in [0.5, 0.6) is 0 Å². The number of benzene rings is 1. The summed E-state index contributed by atoms with van der Waals surface area (Å²) in [6.45, 7) is 3.00. The molecule has 1 aromatic rings. The van der Waals surface area contributed by atoms with Gasteiger partial charge >= 0.3 is 0 Å². The molecule has 0 radical (unpaired) electrons. The number of piperidine rings is 1. The zero-order valence-electron chi connectivity index (χ0n) is 10.8. The number of methoxy groups -OCH3 is 1. The lowest BCUT2D eigenvalue weighted by Crippen LogP contribution is -2.39. The predicted octanol–water partition coefficient (Wildman–Crippen LogP) is 1.93. The summed E-state index contributed by atoms with van der Waals surface area (Å²) in [5.74, 6) is 0. The zero-order valence-corrected chi connectivity index (χ0v) is 11.6. The summed E-state index contributed by atoms with van der Waals surface area (Å²) in [7, 11) is 1.79. The van der Waals surface area contributed by atoms with E-state index in [1.165, 1.54) is 12.0 Å². The van der Waals surface area contributed by atoms with Gasteiger partial charge in [0, 0.05) is 25.8 Å². The van der Waals surface area contributed by atoms with Crippen LogP contribution in [0.25, 0.3) is 0 Å². The minimum absolute atomic E-state index is 0.357. The third-order valence-electron chi connectivity index (χ3n) is 3.47. The number of thiocarbonyl (C=S) groups is 1. The Morgan fingerprint density at radius 3 is 3.00 bits per heavy atom. The second-order valence-electron chi connectivity index (χ2n) is 4.76. The van der Waals surface area contributed by atoms with Crippen molar-refractivity contribution in [1.82, 2.24) is 4.90 Å². The van der Waals surface area contributed by atoms with Gasteiger partial charge in [0.1, 0.15) is 4.99 Å². The van der Waals surface area contributed by atoms with Gasteiger partial charge in [0.25, 0.3) is 0 Å². The van der Waals surface area contributed by atoms with Crippen LogP contribution in [0.1, 0.15) is 24.0 Å². The molecule has 1 atom stereocenters. The van der Waals surface area contributed by atoms with Crippen molar-refractivity contribution in [2.45, 2.75) is 25.5 Å². The normalized spacial score (nSPS) is 20.8. The zero-order chi connectivity index (χ0) is 13.0. The van der Waals surface area contributed by atoms with Crippen LogP contribution in [0.2, 0.25) is 0 Å². The first-order chi connectivity index (χ1) is 8.70. The van der Waals surface area contributed by atoms with Gasteiger partial charge in [0.2, 0.25) is 0 Å². The van der Waals surface area contributed by atoms with Crippen LogP contribution in [0.15, 0.2) is 24.3 Å². The van der Waals surface area contributed by atoms with Gasteiger partial charge in [-0.25, -0.2) is 0 Å². The van der Waals surface area contributed by atoms with Crippen molar-refractivity contribution in [3.05, 3.63) is 35.4 Å². The maximum Gasteiger partial charge on any atom is 0.104 e. The van der Waals surface area contributed by atoms with Gasteiger partial charge in [-0.2, -0.15) is 0 Å². The topological polar surface area (TPSA) is 38.5 Å². The molecule has 0 bridgehead atoms. The van der Waals surface area contributed by atoms with Gasteiger partial charge in [-0.05, 0) is 24.9 Å². The largest absolute Gasteiger partial charge is 0.389 e. The van der Waals surface area contributed by atoms with E-state index in [0.29, 0.717) is 11.1 Å². The lowest BCUT2D eigenvalue weighted by atomic mass is 10.0. The summed E-state index contributed by atoms with van der Waals surface area (Å²) < 4.78 is 5.44. The molecular formula is C14H20N2OS. The van der Waals surface area contributed by atoms with Crippen LogP contribution in [-0.2, 0) is 11.3 Å². The minimum atomic E-state index is 0.357. The molecule has 1 unspecified atom stereocenters. The highest BCUT2D eigenvalue weighted by Gasteiger charge is 2.20. The fourth-order valence-electron chi connectivity index (χ4n) is 2.49. The maximum atomic E-state index is 5.76. The van der Waals surface area contributed by atoms with Gasteiger partial charge in [-0.1, -0.05) is 36.5 Å². The smallest absolute Gasteiger partial charge is 0.104 e. The lowest BCUT2D eigenvalue weighted by Gasteiger charge is -2.32. The van der Waals surface area contributed by atoms with E-state index in [1.807, 2.05) is 18.2 Å². The quantitative estimate of drug-likeness (QED) is 0.843. The molecule has 1 aromatic carbocycles. The third kappa shape index (κ3) is 3.28. The Kier molecular flexibility index (Phi) is 4.69. The van der Waals surface area contributed by atoms with Crippen molar-refractivity contribution >= 4 is 17.2 Å². The molecule has 1 fully saturated rings. The summed E-state index contributed by atoms with van der Waals surface area (Å²) in [6, 6.07) is 8.11. The SMILES string of the molecule is COC1CCCN(Cc2ccccc2C(N)=S)C1. The van der Waals surface area contributed by atoms with Crippen LogP contribution in [-0.4, -0.2) is 36.2 Å².